The third-order valence-electron chi connectivity index (χ3n) is 1.20. The Kier molecular flexibility index (Phi) is 5.73. The molecule has 0 heterocycles. The molecule has 0 aromatic carbocycles. The van der Waals surface area contributed by atoms with E-state index in [0.29, 0.717) is 5.57 Å². The first kappa shape index (κ1) is 10.7. The standard InChI is InChI=1S/C11H14O/c1-4-5-6-11(9-12)8-7-10(2)3/h6,9H,2,4-5H2,1,3H3/b11-6-. The topological polar surface area (TPSA) is 17.1 Å². The smallest absolute Gasteiger partial charge is 0.158 e. The Labute approximate surface area is 74.2 Å². The number of rotatable bonds is 3. The molecule has 0 aromatic heterocycles. The molecule has 0 aromatic rings. The lowest BCUT2D eigenvalue weighted by Crippen LogP contribution is -1.80. The van der Waals surface area contributed by atoms with Gasteiger partial charge in [0.15, 0.2) is 6.29 Å². The summed E-state index contributed by atoms with van der Waals surface area (Å²) in [5, 5.41) is 0. The number of aldehydes is 1. The third kappa shape index (κ3) is 5.49. The van der Waals surface area contributed by atoms with Gasteiger partial charge in [-0.05, 0) is 18.9 Å². The number of carbonyl (C=O) groups is 1. The van der Waals surface area contributed by atoms with Gasteiger partial charge in [0.2, 0.25) is 0 Å². The lowest BCUT2D eigenvalue weighted by atomic mass is 10.2. The van der Waals surface area contributed by atoms with Gasteiger partial charge < -0.3 is 0 Å². The fourth-order valence-corrected chi connectivity index (χ4v) is 0.607. The van der Waals surface area contributed by atoms with E-state index in [4.69, 9.17) is 0 Å². The van der Waals surface area contributed by atoms with Crippen molar-refractivity contribution in [3.8, 4) is 11.8 Å². The van der Waals surface area contributed by atoms with Crippen LogP contribution in [0.1, 0.15) is 26.7 Å². The Morgan fingerprint density at radius 2 is 2.17 bits per heavy atom. The Bertz CT molecular complexity index is 248. The van der Waals surface area contributed by atoms with Crippen LogP contribution in [-0.2, 0) is 4.79 Å². The molecule has 64 valence electrons. The second-order valence-electron chi connectivity index (χ2n) is 2.60. The molecule has 0 spiro atoms. The molecule has 0 bridgehead atoms. The highest BCUT2D eigenvalue weighted by molar-refractivity contribution is 5.80. The lowest BCUT2D eigenvalue weighted by Gasteiger charge is -1.86. The SMILES string of the molecule is C=C(C)C#C/C(C=O)=C/CCC. The third-order valence-corrected chi connectivity index (χ3v) is 1.20. The monoisotopic (exact) mass is 162 g/mol. The zero-order valence-electron chi connectivity index (χ0n) is 7.68. The predicted octanol–water partition coefficient (Wildman–Crippen LogP) is 2.49. The normalized spacial score (nSPS) is 10.0. The molecule has 0 radical (unpaired) electrons. The molecular formula is C11H14O. The van der Waals surface area contributed by atoms with Crippen LogP contribution in [0.15, 0.2) is 23.8 Å². The first-order chi connectivity index (χ1) is 5.70. The van der Waals surface area contributed by atoms with Crippen LogP contribution < -0.4 is 0 Å². The zero-order valence-corrected chi connectivity index (χ0v) is 7.68. The summed E-state index contributed by atoms with van der Waals surface area (Å²) in [6.45, 7) is 7.50. The molecule has 0 aliphatic heterocycles. The van der Waals surface area contributed by atoms with Crippen LogP contribution in [0.5, 0.6) is 0 Å². The Hall–Kier alpha value is -1.29. The first-order valence-electron chi connectivity index (χ1n) is 4.03. The highest BCUT2D eigenvalue weighted by atomic mass is 16.1. The van der Waals surface area contributed by atoms with Gasteiger partial charge in [0.05, 0.1) is 5.57 Å². The first-order valence-corrected chi connectivity index (χ1v) is 4.03. The van der Waals surface area contributed by atoms with Gasteiger partial charge in [-0.25, -0.2) is 0 Å². The Morgan fingerprint density at radius 3 is 2.58 bits per heavy atom. The predicted molar refractivity (Wildman–Crippen MR) is 51.6 cm³/mol. The van der Waals surface area contributed by atoms with Gasteiger partial charge in [-0.15, -0.1) is 0 Å². The van der Waals surface area contributed by atoms with E-state index in [-0.39, 0.29) is 0 Å². The van der Waals surface area contributed by atoms with Crippen molar-refractivity contribution in [1.29, 1.82) is 0 Å². The van der Waals surface area contributed by atoms with E-state index in [1.54, 1.807) is 0 Å². The molecule has 0 saturated carbocycles. The molecule has 0 fully saturated rings. The van der Waals surface area contributed by atoms with Crippen molar-refractivity contribution in [2.45, 2.75) is 26.7 Å². The van der Waals surface area contributed by atoms with Gasteiger partial charge in [-0.1, -0.05) is 37.8 Å². The number of unbranched alkanes of at least 4 members (excludes halogenated alkanes) is 1. The van der Waals surface area contributed by atoms with E-state index < -0.39 is 0 Å². The Morgan fingerprint density at radius 1 is 1.50 bits per heavy atom. The highest BCUT2D eigenvalue weighted by Crippen LogP contribution is 1.95. The minimum absolute atomic E-state index is 0.555. The fourth-order valence-electron chi connectivity index (χ4n) is 0.607. The van der Waals surface area contributed by atoms with Crippen molar-refractivity contribution in [2.75, 3.05) is 0 Å². The second-order valence-corrected chi connectivity index (χ2v) is 2.60. The average molecular weight is 162 g/mol. The maximum absolute atomic E-state index is 10.4. The fraction of sp³-hybridized carbons (Fsp3) is 0.364. The van der Waals surface area contributed by atoms with Crippen molar-refractivity contribution in [3.63, 3.8) is 0 Å². The summed E-state index contributed by atoms with van der Waals surface area (Å²) < 4.78 is 0. The van der Waals surface area contributed by atoms with Gasteiger partial charge in [0.1, 0.15) is 0 Å². The lowest BCUT2D eigenvalue weighted by molar-refractivity contribution is -0.104. The maximum Gasteiger partial charge on any atom is 0.158 e. The van der Waals surface area contributed by atoms with E-state index >= 15 is 0 Å². The minimum Gasteiger partial charge on any atom is -0.297 e. The molecule has 0 rings (SSSR count). The molecule has 0 unspecified atom stereocenters. The summed E-state index contributed by atoms with van der Waals surface area (Å²) in [5.41, 5.74) is 1.33. The molecule has 1 heteroatoms. The highest BCUT2D eigenvalue weighted by Gasteiger charge is 1.86. The largest absolute Gasteiger partial charge is 0.297 e. The van der Waals surface area contributed by atoms with Gasteiger partial charge in [-0.3, -0.25) is 4.79 Å². The van der Waals surface area contributed by atoms with E-state index in [0.717, 1.165) is 24.7 Å². The summed E-state index contributed by atoms with van der Waals surface area (Å²) >= 11 is 0. The number of hydrogen-bond acceptors (Lipinski definition) is 1. The maximum atomic E-state index is 10.4. The second kappa shape index (κ2) is 6.42. The molecular weight excluding hydrogens is 148 g/mol. The molecule has 0 amide bonds. The molecule has 0 aliphatic carbocycles. The average Bonchev–Trinajstić information content (AvgIpc) is 2.05. The van der Waals surface area contributed by atoms with Crippen LogP contribution in [0.25, 0.3) is 0 Å². The van der Waals surface area contributed by atoms with Crippen molar-refractivity contribution in [2.24, 2.45) is 0 Å². The van der Waals surface area contributed by atoms with Crippen molar-refractivity contribution < 1.29 is 4.79 Å². The summed E-state index contributed by atoms with van der Waals surface area (Å²) in [5.74, 6) is 5.51. The minimum atomic E-state index is 0.555. The van der Waals surface area contributed by atoms with Crippen molar-refractivity contribution >= 4 is 6.29 Å². The van der Waals surface area contributed by atoms with Crippen LogP contribution in [0, 0.1) is 11.8 Å². The molecule has 0 saturated heterocycles. The summed E-state index contributed by atoms with van der Waals surface area (Å²) in [4.78, 5) is 10.4. The molecule has 0 N–H and O–H groups in total. The quantitative estimate of drug-likeness (QED) is 0.354. The van der Waals surface area contributed by atoms with E-state index in [9.17, 15) is 4.79 Å². The molecule has 0 atom stereocenters. The van der Waals surface area contributed by atoms with Gasteiger partial charge in [0, 0.05) is 0 Å². The van der Waals surface area contributed by atoms with Crippen LogP contribution in [-0.4, -0.2) is 6.29 Å². The van der Waals surface area contributed by atoms with Crippen LogP contribution >= 0.6 is 0 Å². The number of carbonyl (C=O) groups excluding carboxylic acids is 1. The summed E-state index contributed by atoms with van der Waals surface area (Å²) in [6, 6.07) is 0. The zero-order chi connectivity index (χ0) is 9.40. The van der Waals surface area contributed by atoms with E-state index in [1.165, 1.54) is 0 Å². The molecule has 0 aliphatic rings. The number of hydrogen-bond donors (Lipinski definition) is 0. The number of allylic oxidation sites excluding steroid dienone is 3. The summed E-state index contributed by atoms with van der Waals surface area (Å²) in [7, 11) is 0. The van der Waals surface area contributed by atoms with Crippen molar-refractivity contribution in [3.05, 3.63) is 23.8 Å². The molecule has 12 heavy (non-hydrogen) atoms. The van der Waals surface area contributed by atoms with Crippen molar-refractivity contribution in [1.82, 2.24) is 0 Å². The van der Waals surface area contributed by atoms with Crippen LogP contribution in [0.3, 0.4) is 0 Å². The van der Waals surface area contributed by atoms with Gasteiger partial charge in [0.25, 0.3) is 0 Å². The Balaban J connectivity index is 4.29. The summed E-state index contributed by atoms with van der Waals surface area (Å²) in [6.07, 6.45) is 4.57. The van der Waals surface area contributed by atoms with Crippen LogP contribution in [0.2, 0.25) is 0 Å². The van der Waals surface area contributed by atoms with Gasteiger partial charge >= 0.3 is 0 Å². The van der Waals surface area contributed by atoms with Gasteiger partial charge in [-0.2, -0.15) is 0 Å². The van der Waals surface area contributed by atoms with E-state index in [2.05, 4.69) is 25.3 Å². The van der Waals surface area contributed by atoms with E-state index in [1.807, 2.05) is 13.0 Å². The van der Waals surface area contributed by atoms with Crippen LogP contribution in [0.4, 0.5) is 0 Å². The molecule has 1 nitrogen and oxygen atoms in total.